The summed E-state index contributed by atoms with van der Waals surface area (Å²) in [5.74, 6) is 5.54. The lowest BCUT2D eigenvalue weighted by Crippen LogP contribution is -2.27. The Kier molecular flexibility index (Phi) is 2.94. The van der Waals surface area contributed by atoms with E-state index in [1.54, 1.807) is 0 Å². The van der Waals surface area contributed by atoms with Crippen LogP contribution < -0.4 is 11.3 Å². The first-order valence-corrected chi connectivity index (χ1v) is 5.15. The Morgan fingerprint density at radius 2 is 2.27 bits per heavy atom. The van der Waals surface area contributed by atoms with Gasteiger partial charge in [0, 0.05) is 23.8 Å². The number of nitrogens with two attached hydrogens (primary N) is 1. The quantitative estimate of drug-likeness (QED) is 0.591. The lowest BCUT2D eigenvalue weighted by Gasteiger charge is -2.16. The van der Waals surface area contributed by atoms with Gasteiger partial charge in [0.05, 0.1) is 0 Å². The third-order valence-electron chi connectivity index (χ3n) is 2.70. The number of aromatic nitrogens is 1. The van der Waals surface area contributed by atoms with Crippen LogP contribution in [0.5, 0.6) is 0 Å². The van der Waals surface area contributed by atoms with Gasteiger partial charge in [-0.2, -0.15) is 0 Å². The molecule has 0 aliphatic heterocycles. The van der Waals surface area contributed by atoms with Gasteiger partial charge in [-0.25, -0.2) is 0 Å². The van der Waals surface area contributed by atoms with Crippen LogP contribution in [0.4, 0.5) is 0 Å². The number of hydrogen-bond donors (Lipinski definition) is 2. The minimum absolute atomic E-state index is 0.205. The molecule has 0 bridgehead atoms. The monoisotopic (exact) mass is 201 g/mol. The molecule has 1 heterocycles. The molecular formula is C12H15N3. The van der Waals surface area contributed by atoms with Crippen LogP contribution in [-0.4, -0.2) is 4.98 Å². The fraction of sp³-hybridized carbons (Fsp3) is 0.250. The lowest BCUT2D eigenvalue weighted by atomic mass is 9.99. The third-order valence-corrected chi connectivity index (χ3v) is 2.70. The van der Waals surface area contributed by atoms with Gasteiger partial charge < -0.3 is 0 Å². The summed E-state index contributed by atoms with van der Waals surface area (Å²) in [5, 5.41) is 2.38. The van der Waals surface area contributed by atoms with Crippen LogP contribution in [-0.2, 0) is 0 Å². The van der Waals surface area contributed by atoms with E-state index in [2.05, 4.69) is 29.5 Å². The largest absolute Gasteiger partial charge is 0.271 e. The third kappa shape index (κ3) is 1.84. The van der Waals surface area contributed by atoms with E-state index in [4.69, 9.17) is 5.84 Å². The van der Waals surface area contributed by atoms with Gasteiger partial charge in [-0.1, -0.05) is 25.1 Å². The predicted molar refractivity (Wildman–Crippen MR) is 62.1 cm³/mol. The van der Waals surface area contributed by atoms with Crippen molar-refractivity contribution in [1.29, 1.82) is 0 Å². The molecular weight excluding hydrogens is 186 g/mol. The van der Waals surface area contributed by atoms with Crippen LogP contribution >= 0.6 is 0 Å². The van der Waals surface area contributed by atoms with Gasteiger partial charge in [0.1, 0.15) is 0 Å². The number of hydrazine groups is 1. The molecule has 0 aliphatic rings. The standard InChI is InChI=1S/C12H15N3/c1-2-12(15-13)11-5-3-4-9-8-14-7-6-10(9)11/h3-8,12,15H,2,13H2,1H3. The van der Waals surface area contributed by atoms with Crippen LogP contribution in [0.2, 0.25) is 0 Å². The van der Waals surface area contributed by atoms with Gasteiger partial charge >= 0.3 is 0 Å². The van der Waals surface area contributed by atoms with Gasteiger partial charge in [0.2, 0.25) is 0 Å². The van der Waals surface area contributed by atoms with Crippen molar-refractivity contribution in [2.24, 2.45) is 5.84 Å². The summed E-state index contributed by atoms with van der Waals surface area (Å²) in [6.45, 7) is 2.12. The molecule has 0 spiro atoms. The fourth-order valence-corrected chi connectivity index (χ4v) is 1.88. The zero-order valence-electron chi connectivity index (χ0n) is 8.77. The van der Waals surface area contributed by atoms with E-state index in [1.807, 2.05) is 24.5 Å². The highest BCUT2D eigenvalue weighted by molar-refractivity contribution is 5.85. The first-order valence-electron chi connectivity index (χ1n) is 5.15. The number of nitrogens with one attached hydrogen (secondary N) is 1. The minimum atomic E-state index is 0.205. The summed E-state index contributed by atoms with van der Waals surface area (Å²) in [5.41, 5.74) is 4.08. The molecule has 1 atom stereocenters. The molecule has 15 heavy (non-hydrogen) atoms. The molecule has 2 aromatic rings. The normalized spacial score (nSPS) is 12.9. The Balaban J connectivity index is 2.59. The van der Waals surface area contributed by atoms with Crippen molar-refractivity contribution in [3.63, 3.8) is 0 Å². The predicted octanol–water partition coefficient (Wildman–Crippen LogP) is 2.15. The van der Waals surface area contributed by atoms with Crippen molar-refractivity contribution in [3.8, 4) is 0 Å². The molecule has 3 nitrogen and oxygen atoms in total. The van der Waals surface area contributed by atoms with E-state index >= 15 is 0 Å². The molecule has 3 heteroatoms. The zero-order chi connectivity index (χ0) is 10.7. The summed E-state index contributed by atoms with van der Waals surface area (Å²) >= 11 is 0. The summed E-state index contributed by atoms with van der Waals surface area (Å²) in [4.78, 5) is 4.11. The number of benzene rings is 1. The van der Waals surface area contributed by atoms with Crippen molar-refractivity contribution in [3.05, 3.63) is 42.2 Å². The molecule has 0 fully saturated rings. The molecule has 78 valence electrons. The van der Waals surface area contributed by atoms with Crippen molar-refractivity contribution < 1.29 is 0 Å². The summed E-state index contributed by atoms with van der Waals surface area (Å²) < 4.78 is 0. The molecule has 0 amide bonds. The number of fused-ring (bicyclic) bond motifs is 1. The molecule has 1 aromatic carbocycles. The maximum absolute atomic E-state index is 5.54. The summed E-state index contributed by atoms with van der Waals surface area (Å²) in [6, 6.07) is 8.45. The molecule has 1 aromatic heterocycles. The summed E-state index contributed by atoms with van der Waals surface area (Å²) in [6.07, 6.45) is 4.66. The number of pyridine rings is 1. The van der Waals surface area contributed by atoms with Gasteiger partial charge in [-0.3, -0.25) is 16.3 Å². The molecule has 0 saturated carbocycles. The van der Waals surface area contributed by atoms with Crippen LogP contribution in [0.15, 0.2) is 36.7 Å². The van der Waals surface area contributed by atoms with Gasteiger partial charge in [-0.05, 0) is 23.4 Å². The van der Waals surface area contributed by atoms with E-state index in [1.165, 1.54) is 10.9 Å². The van der Waals surface area contributed by atoms with Gasteiger partial charge in [0.25, 0.3) is 0 Å². The van der Waals surface area contributed by atoms with E-state index in [0.717, 1.165) is 11.8 Å². The van der Waals surface area contributed by atoms with Crippen LogP contribution in [0.1, 0.15) is 24.9 Å². The van der Waals surface area contributed by atoms with Crippen molar-refractivity contribution in [1.82, 2.24) is 10.4 Å². The van der Waals surface area contributed by atoms with E-state index in [0.29, 0.717) is 0 Å². The Bertz CT molecular complexity index is 444. The highest BCUT2D eigenvalue weighted by atomic mass is 15.2. The Labute approximate surface area is 89.3 Å². The minimum Gasteiger partial charge on any atom is -0.271 e. The maximum Gasteiger partial charge on any atom is 0.0463 e. The average Bonchev–Trinajstić information content (AvgIpc) is 2.31. The highest BCUT2D eigenvalue weighted by Crippen LogP contribution is 2.24. The Hall–Kier alpha value is -1.45. The van der Waals surface area contributed by atoms with Crippen molar-refractivity contribution >= 4 is 10.8 Å². The van der Waals surface area contributed by atoms with E-state index < -0.39 is 0 Å². The second kappa shape index (κ2) is 4.38. The first-order chi connectivity index (χ1) is 7.36. The Morgan fingerprint density at radius 1 is 1.40 bits per heavy atom. The SMILES string of the molecule is CCC(NN)c1cccc2cnccc12. The Morgan fingerprint density at radius 3 is 3.00 bits per heavy atom. The topological polar surface area (TPSA) is 50.9 Å². The number of rotatable bonds is 3. The lowest BCUT2D eigenvalue weighted by molar-refractivity contribution is 0.542. The smallest absolute Gasteiger partial charge is 0.0463 e. The fourth-order valence-electron chi connectivity index (χ4n) is 1.88. The van der Waals surface area contributed by atoms with Crippen LogP contribution in [0.25, 0.3) is 10.8 Å². The number of nitrogens with zero attached hydrogens (tertiary/aromatic N) is 1. The van der Waals surface area contributed by atoms with E-state index in [-0.39, 0.29) is 6.04 Å². The second-order valence-electron chi connectivity index (χ2n) is 3.57. The van der Waals surface area contributed by atoms with E-state index in [9.17, 15) is 0 Å². The maximum atomic E-state index is 5.54. The summed E-state index contributed by atoms with van der Waals surface area (Å²) in [7, 11) is 0. The molecule has 0 aliphatic carbocycles. The molecule has 3 N–H and O–H groups in total. The van der Waals surface area contributed by atoms with Crippen LogP contribution in [0.3, 0.4) is 0 Å². The second-order valence-corrected chi connectivity index (χ2v) is 3.57. The highest BCUT2D eigenvalue weighted by Gasteiger charge is 2.09. The zero-order valence-corrected chi connectivity index (χ0v) is 8.77. The molecule has 0 saturated heterocycles. The van der Waals surface area contributed by atoms with Crippen molar-refractivity contribution in [2.75, 3.05) is 0 Å². The first kappa shape index (κ1) is 10.1. The average molecular weight is 201 g/mol. The molecule has 1 unspecified atom stereocenters. The van der Waals surface area contributed by atoms with Crippen molar-refractivity contribution in [2.45, 2.75) is 19.4 Å². The van der Waals surface area contributed by atoms with Crippen LogP contribution in [0, 0.1) is 0 Å². The van der Waals surface area contributed by atoms with Gasteiger partial charge in [-0.15, -0.1) is 0 Å². The molecule has 0 radical (unpaired) electrons. The van der Waals surface area contributed by atoms with Gasteiger partial charge in [0.15, 0.2) is 0 Å². The molecule has 2 rings (SSSR count). The number of hydrogen-bond acceptors (Lipinski definition) is 3.